The van der Waals surface area contributed by atoms with Crippen LogP contribution in [0.1, 0.15) is 19.3 Å². The third kappa shape index (κ3) is 11.1. The molecule has 0 aromatic heterocycles. The summed E-state index contributed by atoms with van der Waals surface area (Å²) < 4.78 is 0. The van der Waals surface area contributed by atoms with Crippen LogP contribution in [0.5, 0.6) is 0 Å². The molecular weight excluding hydrogens is 190 g/mol. The maximum atomic E-state index is 8.03. The normalized spacial score (nSPS) is 9.93. The van der Waals surface area contributed by atoms with Gasteiger partial charge in [-0.1, -0.05) is 24.8 Å². The third-order valence-electron chi connectivity index (χ3n) is 1.62. The molecule has 0 aliphatic heterocycles. The second kappa shape index (κ2) is 7.49. The Morgan fingerprint density at radius 1 is 1.21 bits per heavy atom. The van der Waals surface area contributed by atoms with Crippen molar-refractivity contribution in [1.82, 2.24) is 0 Å². The van der Waals surface area contributed by atoms with Crippen LogP contribution in [0, 0.1) is 11.8 Å². The standard InChI is InChI=1S/C10H19N3Si/c1-14(2,3)10-8-6-4-5-7-9-12-13-11/h4-5,7,9-10H2,1-3H3. The molecule has 0 heterocycles. The predicted octanol–water partition coefficient (Wildman–Crippen LogP) is 3.81. The van der Waals surface area contributed by atoms with E-state index in [0.29, 0.717) is 6.54 Å². The average molecular weight is 209 g/mol. The zero-order valence-electron chi connectivity index (χ0n) is 9.38. The van der Waals surface area contributed by atoms with Crippen LogP contribution in [0.15, 0.2) is 5.11 Å². The van der Waals surface area contributed by atoms with Gasteiger partial charge >= 0.3 is 0 Å². The molecule has 3 nitrogen and oxygen atoms in total. The van der Waals surface area contributed by atoms with Crippen molar-refractivity contribution in [2.24, 2.45) is 5.11 Å². The van der Waals surface area contributed by atoms with Gasteiger partial charge in [0.05, 0.1) is 8.07 Å². The summed E-state index contributed by atoms with van der Waals surface area (Å²) in [5.74, 6) is 6.39. The van der Waals surface area contributed by atoms with E-state index in [1.165, 1.54) is 0 Å². The lowest BCUT2D eigenvalue weighted by Gasteiger charge is -2.09. The summed E-state index contributed by atoms with van der Waals surface area (Å²) in [7, 11) is -0.979. The Kier molecular flexibility index (Phi) is 7.00. The molecule has 0 aliphatic carbocycles. The lowest BCUT2D eigenvalue weighted by atomic mass is 10.2. The second-order valence-electron chi connectivity index (χ2n) is 4.50. The van der Waals surface area contributed by atoms with Gasteiger partial charge in [-0.15, -0.1) is 11.8 Å². The quantitative estimate of drug-likeness (QED) is 0.165. The van der Waals surface area contributed by atoms with E-state index in [1.54, 1.807) is 0 Å². The minimum absolute atomic E-state index is 0.603. The fourth-order valence-corrected chi connectivity index (χ4v) is 1.51. The van der Waals surface area contributed by atoms with Crippen LogP contribution in [-0.2, 0) is 0 Å². The van der Waals surface area contributed by atoms with Gasteiger partial charge in [-0.3, -0.25) is 0 Å². The van der Waals surface area contributed by atoms with E-state index in [1.807, 2.05) is 0 Å². The molecular formula is C10H19N3Si. The Hall–Kier alpha value is -0.913. The molecule has 0 aliphatic rings. The SMILES string of the molecule is C[Si](C)(C)CC#CCCCCN=[N+]=[N-]. The summed E-state index contributed by atoms with van der Waals surface area (Å²) >= 11 is 0. The van der Waals surface area contributed by atoms with Crippen molar-refractivity contribution in [2.75, 3.05) is 6.54 Å². The summed E-state index contributed by atoms with van der Waals surface area (Å²) in [6.45, 7) is 7.57. The highest BCUT2D eigenvalue weighted by atomic mass is 28.3. The molecule has 0 bridgehead atoms. The van der Waals surface area contributed by atoms with Gasteiger partial charge in [-0.05, 0) is 18.4 Å². The van der Waals surface area contributed by atoms with E-state index in [0.717, 1.165) is 25.3 Å². The van der Waals surface area contributed by atoms with Crippen molar-refractivity contribution in [1.29, 1.82) is 0 Å². The van der Waals surface area contributed by atoms with Gasteiger partial charge in [0, 0.05) is 23.9 Å². The van der Waals surface area contributed by atoms with E-state index < -0.39 is 8.07 Å². The summed E-state index contributed by atoms with van der Waals surface area (Å²) in [6, 6.07) is 1.09. The maximum absolute atomic E-state index is 8.03. The van der Waals surface area contributed by atoms with E-state index >= 15 is 0 Å². The number of unbranched alkanes of at least 4 members (excludes halogenated alkanes) is 2. The van der Waals surface area contributed by atoms with Gasteiger partial charge in [0.25, 0.3) is 0 Å². The highest BCUT2D eigenvalue weighted by Gasteiger charge is 2.09. The van der Waals surface area contributed by atoms with Crippen molar-refractivity contribution >= 4 is 8.07 Å². The van der Waals surface area contributed by atoms with Gasteiger partial charge < -0.3 is 0 Å². The Bertz CT molecular complexity index is 251. The molecule has 0 fully saturated rings. The lowest BCUT2D eigenvalue weighted by molar-refractivity contribution is 0.764. The van der Waals surface area contributed by atoms with Gasteiger partial charge in [0.1, 0.15) is 0 Å². The molecule has 0 unspecified atom stereocenters. The summed E-state index contributed by atoms with van der Waals surface area (Å²) in [5.41, 5.74) is 8.03. The van der Waals surface area contributed by atoms with E-state index in [2.05, 4.69) is 41.5 Å². The molecule has 0 rings (SSSR count). The molecule has 14 heavy (non-hydrogen) atoms. The van der Waals surface area contributed by atoms with Gasteiger partial charge in [0.15, 0.2) is 0 Å². The van der Waals surface area contributed by atoms with Crippen molar-refractivity contribution in [3.8, 4) is 11.8 Å². The minimum Gasteiger partial charge on any atom is -0.106 e. The third-order valence-corrected chi connectivity index (χ3v) is 2.85. The molecule has 78 valence electrons. The second-order valence-corrected chi connectivity index (χ2v) is 9.98. The van der Waals surface area contributed by atoms with Crippen molar-refractivity contribution in [3.05, 3.63) is 10.4 Å². The van der Waals surface area contributed by atoms with Crippen molar-refractivity contribution in [2.45, 2.75) is 44.9 Å². The van der Waals surface area contributed by atoms with Crippen LogP contribution < -0.4 is 0 Å². The monoisotopic (exact) mass is 209 g/mol. The van der Waals surface area contributed by atoms with Crippen molar-refractivity contribution < 1.29 is 0 Å². The lowest BCUT2D eigenvalue weighted by Crippen LogP contribution is -2.17. The van der Waals surface area contributed by atoms with E-state index in [9.17, 15) is 0 Å². The van der Waals surface area contributed by atoms with Crippen LogP contribution in [0.25, 0.3) is 10.4 Å². The molecule has 0 N–H and O–H groups in total. The van der Waals surface area contributed by atoms with Crippen LogP contribution in [0.3, 0.4) is 0 Å². The Balaban J connectivity index is 3.39. The highest BCUT2D eigenvalue weighted by Crippen LogP contribution is 2.05. The molecule has 0 saturated carbocycles. The first-order valence-corrected chi connectivity index (χ1v) is 8.73. The van der Waals surface area contributed by atoms with E-state index in [4.69, 9.17) is 5.53 Å². The fourth-order valence-electron chi connectivity index (χ4n) is 0.857. The Labute approximate surface area is 87.5 Å². The number of azide groups is 1. The van der Waals surface area contributed by atoms with Crippen molar-refractivity contribution in [3.63, 3.8) is 0 Å². The molecule has 0 radical (unpaired) electrons. The average Bonchev–Trinajstić information content (AvgIpc) is 2.08. The van der Waals surface area contributed by atoms with Crippen LogP contribution in [-0.4, -0.2) is 14.6 Å². The van der Waals surface area contributed by atoms with Crippen LogP contribution in [0.2, 0.25) is 25.7 Å². The fraction of sp³-hybridized carbons (Fsp3) is 0.800. The topological polar surface area (TPSA) is 48.8 Å². The molecule has 0 aromatic carbocycles. The number of hydrogen-bond acceptors (Lipinski definition) is 1. The molecule has 0 saturated heterocycles. The minimum atomic E-state index is -0.979. The Morgan fingerprint density at radius 3 is 2.50 bits per heavy atom. The Morgan fingerprint density at radius 2 is 1.93 bits per heavy atom. The molecule has 0 spiro atoms. The molecule has 0 aromatic rings. The van der Waals surface area contributed by atoms with Gasteiger partial charge in [-0.25, -0.2) is 0 Å². The predicted molar refractivity (Wildman–Crippen MR) is 63.8 cm³/mol. The zero-order chi connectivity index (χ0) is 10.9. The number of hydrogen-bond donors (Lipinski definition) is 0. The molecule has 0 amide bonds. The van der Waals surface area contributed by atoms with Gasteiger partial charge in [-0.2, -0.15) is 0 Å². The maximum Gasteiger partial charge on any atom is 0.0573 e. The molecule has 0 atom stereocenters. The largest absolute Gasteiger partial charge is 0.106 e. The molecule has 4 heteroatoms. The van der Waals surface area contributed by atoms with Gasteiger partial charge in [0.2, 0.25) is 0 Å². The highest BCUT2D eigenvalue weighted by molar-refractivity contribution is 6.76. The van der Waals surface area contributed by atoms with E-state index in [-0.39, 0.29) is 0 Å². The zero-order valence-corrected chi connectivity index (χ0v) is 10.4. The smallest absolute Gasteiger partial charge is 0.0573 e. The summed E-state index contributed by atoms with van der Waals surface area (Å²) in [6.07, 6.45) is 2.93. The first kappa shape index (κ1) is 13.1. The number of rotatable bonds is 5. The van der Waals surface area contributed by atoms with Crippen LogP contribution >= 0.6 is 0 Å². The first-order valence-electron chi connectivity index (χ1n) is 5.03. The first-order chi connectivity index (χ1) is 6.56. The van der Waals surface area contributed by atoms with Crippen LogP contribution in [0.4, 0.5) is 0 Å². The number of nitrogens with zero attached hydrogens (tertiary/aromatic N) is 3. The summed E-state index contributed by atoms with van der Waals surface area (Å²) in [5, 5.41) is 3.47. The summed E-state index contributed by atoms with van der Waals surface area (Å²) in [4.78, 5) is 2.70.